The van der Waals surface area contributed by atoms with E-state index >= 15 is 0 Å². The molecule has 8 rings (SSSR count). The van der Waals surface area contributed by atoms with Crippen LogP contribution in [-0.2, 0) is 83.2 Å². The molecular formula is C82H110N18O14. The lowest BCUT2D eigenvalue weighted by Gasteiger charge is -2.32. The van der Waals surface area contributed by atoms with Crippen LogP contribution in [-0.4, -0.2) is 205 Å². The minimum absolute atomic E-state index is 0.000776. The Hall–Kier alpha value is -11.8. The van der Waals surface area contributed by atoms with Gasteiger partial charge in [-0.3, -0.25) is 68.3 Å². The van der Waals surface area contributed by atoms with E-state index in [4.69, 9.17) is 22.6 Å². The fourth-order valence-corrected chi connectivity index (χ4v) is 13.9. The Morgan fingerprint density at radius 3 is 1.17 bits per heavy atom. The van der Waals surface area contributed by atoms with Crippen LogP contribution in [0, 0.1) is 5.41 Å². The molecule has 2 aliphatic heterocycles. The van der Waals surface area contributed by atoms with E-state index in [1.165, 1.54) is 48.2 Å². The number of amides is 12. The third-order valence-electron chi connectivity index (χ3n) is 20.2. The molecule has 0 aliphatic carbocycles. The zero-order valence-corrected chi connectivity index (χ0v) is 64.7. The zero-order valence-electron chi connectivity index (χ0n) is 64.7. The van der Waals surface area contributed by atoms with Gasteiger partial charge < -0.3 is 95.7 Å². The highest BCUT2D eigenvalue weighted by Gasteiger charge is 2.38. The van der Waals surface area contributed by atoms with Crippen LogP contribution in [0.4, 0.5) is 0 Å². The molecule has 2 saturated heterocycles. The quantitative estimate of drug-likeness (QED) is 0.0117. The van der Waals surface area contributed by atoms with Crippen molar-refractivity contribution in [1.29, 1.82) is 5.41 Å². The number of nitrogens with two attached hydrogens (primary N) is 3. The number of nitrogens with zero attached hydrogens (tertiary/aromatic N) is 2. The molecule has 114 heavy (non-hydrogen) atoms. The average Bonchev–Trinajstić information content (AvgIpc) is 1.12. The molecule has 0 aromatic heterocycles. The van der Waals surface area contributed by atoms with Gasteiger partial charge in [0.15, 0.2) is 5.96 Å². The van der Waals surface area contributed by atoms with Gasteiger partial charge in [-0.05, 0) is 139 Å². The van der Waals surface area contributed by atoms with Crippen LogP contribution in [0.3, 0.4) is 0 Å². The van der Waals surface area contributed by atoms with Crippen molar-refractivity contribution in [2.45, 2.75) is 183 Å². The van der Waals surface area contributed by atoms with Crippen molar-refractivity contribution in [3.8, 4) is 11.5 Å². The topological polar surface area (TPSA) is 498 Å². The minimum atomic E-state index is -1.27. The standard InChI is InChI=1S/C82H110N18O14/c1-99-67(77(111)95-61(21-13-41-89-81(83)84)75(109)97-63(47-53-27-33-55-17-9-11-19-57(55)43-53)73(107)91-49-71(105)93-65(79(99)113)45-51-29-35-59(101)36-30-51)23-15-39-87-69(103)25-7-5-3-4-6-8-26-70(104)88-40-16-24-68-78(112)96-62(22-14-42-90-82(85)86)76(110)98-64(48-54-28-34-56-18-10-12-20-58(56)44-54)74(108)92-50-72(106)94-66(80(114)100(68)2)46-52-31-37-60(102)38-32-52/h9-12,17-20,27-38,43-44,61-68,81,89,101-102H,3-8,13-16,21-26,39-42,45-50,83-84H2,1-2H3,(H,87,103)(H,88,104)(H,91,107)(H,92,108)(H,93,105)(H,94,106)(H,95,111)(H,96,112)(H,97,109)(H,98,110)(H4,85,86,90)/t61-,62-,63-,64-,65?,66?,67?,68?/m0/s1. The number of fused-ring (bicyclic) bond motifs is 2. The first kappa shape index (κ1) is 87.8. The molecule has 21 N–H and O–H groups in total. The Kier molecular flexibility index (Phi) is 34.7. The lowest BCUT2D eigenvalue weighted by atomic mass is 10.00. The molecule has 2 fully saturated rings. The lowest BCUT2D eigenvalue weighted by Crippen LogP contribution is -2.58. The van der Waals surface area contributed by atoms with E-state index in [-0.39, 0.29) is 139 Å². The maximum absolute atomic E-state index is 14.7. The molecule has 8 atom stereocenters. The van der Waals surface area contributed by atoms with E-state index in [1.807, 2.05) is 84.9 Å². The largest absolute Gasteiger partial charge is 0.508 e. The van der Waals surface area contributed by atoms with Gasteiger partial charge in [0.2, 0.25) is 70.9 Å². The van der Waals surface area contributed by atoms with Gasteiger partial charge >= 0.3 is 0 Å². The highest BCUT2D eigenvalue weighted by molar-refractivity contribution is 5.99. The van der Waals surface area contributed by atoms with Gasteiger partial charge in [0.1, 0.15) is 66.1 Å². The number of aromatic hydroxyl groups is 2. The fraction of sp³-hybridized carbons (Fsp3) is 0.451. The molecule has 0 bridgehead atoms. The van der Waals surface area contributed by atoms with Crippen molar-refractivity contribution in [3.63, 3.8) is 0 Å². The van der Waals surface area contributed by atoms with Crippen LogP contribution in [0.5, 0.6) is 11.5 Å². The van der Waals surface area contributed by atoms with E-state index in [9.17, 15) is 67.7 Å². The summed E-state index contributed by atoms with van der Waals surface area (Å²) in [6.07, 6.45) is 4.58. The van der Waals surface area contributed by atoms with Gasteiger partial charge in [0.25, 0.3) is 0 Å². The Labute approximate surface area is 663 Å². The first-order valence-corrected chi connectivity index (χ1v) is 39.0. The van der Waals surface area contributed by atoms with E-state index < -0.39 is 127 Å². The Morgan fingerprint density at radius 2 is 0.763 bits per heavy atom. The summed E-state index contributed by atoms with van der Waals surface area (Å²) in [4.78, 5) is 172. The number of hydrogen-bond donors (Lipinski definition) is 18. The second kappa shape index (κ2) is 45.1. The van der Waals surface area contributed by atoms with Gasteiger partial charge in [0, 0.05) is 72.3 Å². The minimum Gasteiger partial charge on any atom is -0.508 e. The van der Waals surface area contributed by atoms with E-state index in [1.54, 1.807) is 24.3 Å². The van der Waals surface area contributed by atoms with Crippen molar-refractivity contribution in [2.75, 3.05) is 53.4 Å². The number of carbonyl (C=O) groups is 12. The second-order valence-electron chi connectivity index (χ2n) is 29.1. The number of hydrogen-bond acceptors (Lipinski definition) is 18. The Bertz CT molecular complexity index is 4300. The summed E-state index contributed by atoms with van der Waals surface area (Å²) in [6.45, 7) is -0.468. The Balaban J connectivity index is 0.834. The van der Waals surface area contributed by atoms with E-state index in [0.29, 0.717) is 41.5 Å². The Morgan fingerprint density at radius 1 is 0.412 bits per heavy atom. The monoisotopic (exact) mass is 1570 g/mol. The maximum Gasteiger partial charge on any atom is 0.245 e. The molecule has 6 aromatic carbocycles. The van der Waals surface area contributed by atoms with Crippen LogP contribution in [0.1, 0.15) is 125 Å². The summed E-state index contributed by atoms with van der Waals surface area (Å²) < 4.78 is 0. The number of unbranched alkanes of at least 4 members (excludes halogenated alkanes) is 5. The van der Waals surface area contributed by atoms with Crippen LogP contribution >= 0.6 is 0 Å². The second-order valence-corrected chi connectivity index (χ2v) is 29.1. The molecular weight excluding hydrogens is 1460 g/mol. The molecule has 0 radical (unpaired) electrons. The van der Waals surface area contributed by atoms with Crippen molar-refractivity contribution in [2.24, 2.45) is 17.2 Å². The normalized spacial score (nSPS) is 20.0. The number of phenols is 2. The third-order valence-corrected chi connectivity index (χ3v) is 20.2. The summed E-state index contributed by atoms with van der Waals surface area (Å²) >= 11 is 0. The molecule has 32 heteroatoms. The number of guanidine groups is 1. The van der Waals surface area contributed by atoms with Gasteiger partial charge in [-0.2, -0.15) is 0 Å². The molecule has 2 aliphatic rings. The zero-order chi connectivity index (χ0) is 82.1. The summed E-state index contributed by atoms with van der Waals surface area (Å²) in [6, 6.07) is 28.6. The van der Waals surface area contributed by atoms with Crippen LogP contribution in [0.25, 0.3) is 21.5 Å². The SMILES string of the molecule is CN1C(=O)C(Cc2ccc(O)cc2)NC(=O)CNC(=O)[C@H](Cc2ccc3ccccc3c2)NC(=O)[C@H](CCCNC(=N)N)NC(=O)C1CCCNC(=O)CCCCCCCCC(=O)NCCCC1C(=O)N[C@@H](CCCNC(N)N)C(=O)N[C@@H](Cc2ccc3ccccc3c2)C(=O)NCC(=O)NC(Cc2ccc(O)cc2)C(=O)N1C. The van der Waals surface area contributed by atoms with E-state index in [2.05, 4.69) is 63.8 Å². The highest BCUT2D eigenvalue weighted by atomic mass is 16.3. The van der Waals surface area contributed by atoms with Crippen molar-refractivity contribution in [3.05, 3.63) is 156 Å². The van der Waals surface area contributed by atoms with Crippen LogP contribution in [0.2, 0.25) is 0 Å². The fourth-order valence-electron chi connectivity index (χ4n) is 13.9. The molecule has 0 saturated carbocycles. The number of rotatable bonds is 34. The molecule has 612 valence electrons. The van der Waals surface area contributed by atoms with Crippen molar-refractivity contribution in [1.82, 2.24) is 73.6 Å². The number of likely N-dealkylation sites (N-methyl/N-ethyl adjacent to an activating group) is 2. The first-order chi connectivity index (χ1) is 54.8. The van der Waals surface area contributed by atoms with Gasteiger partial charge in [-0.1, -0.05) is 135 Å². The first-order valence-electron chi connectivity index (χ1n) is 39.0. The maximum atomic E-state index is 14.7. The number of phenolic OH excluding ortho intramolecular Hbond substituents is 2. The number of benzene rings is 6. The predicted molar refractivity (Wildman–Crippen MR) is 430 cm³/mol. The average molecular weight is 1570 g/mol. The summed E-state index contributed by atoms with van der Waals surface area (Å²) in [7, 11) is 2.82. The molecule has 32 nitrogen and oxygen atoms in total. The van der Waals surface area contributed by atoms with Crippen LogP contribution < -0.4 is 81.0 Å². The van der Waals surface area contributed by atoms with Crippen molar-refractivity contribution >= 4 is 98.4 Å². The summed E-state index contributed by atoms with van der Waals surface area (Å²) in [5.41, 5.74) is 19.6. The molecule has 4 unspecified atom stereocenters. The van der Waals surface area contributed by atoms with Gasteiger partial charge in [0.05, 0.1) is 13.1 Å². The van der Waals surface area contributed by atoms with Crippen LogP contribution in [0.15, 0.2) is 133 Å². The van der Waals surface area contributed by atoms with Gasteiger partial charge in [-0.15, -0.1) is 0 Å². The third kappa shape index (κ3) is 28.8. The predicted octanol–water partition coefficient (Wildman–Crippen LogP) is 1.24. The smallest absolute Gasteiger partial charge is 0.245 e. The number of nitrogens with one attached hydrogen (secondary N) is 13. The lowest BCUT2D eigenvalue weighted by molar-refractivity contribution is -0.142. The number of carbonyl (C=O) groups excluding carboxylic acids is 12. The molecule has 2 heterocycles. The van der Waals surface area contributed by atoms with Gasteiger partial charge in [-0.25, -0.2) is 0 Å². The molecule has 12 amide bonds. The highest BCUT2D eigenvalue weighted by Crippen LogP contribution is 2.23. The summed E-state index contributed by atoms with van der Waals surface area (Å²) in [5, 5.41) is 64.9. The molecule has 0 spiro atoms. The van der Waals surface area contributed by atoms with E-state index in [0.717, 1.165) is 47.2 Å². The summed E-state index contributed by atoms with van der Waals surface area (Å²) in [5.74, 6) is -7.83. The van der Waals surface area contributed by atoms with Crippen molar-refractivity contribution < 1.29 is 67.7 Å². The molecule has 6 aromatic rings.